The highest BCUT2D eigenvalue weighted by atomic mass is 32.2. The maximum atomic E-state index is 12.2. The van der Waals surface area contributed by atoms with Crippen LogP contribution in [-0.2, 0) is 19.1 Å². The van der Waals surface area contributed by atoms with E-state index in [1.807, 2.05) is 0 Å². The summed E-state index contributed by atoms with van der Waals surface area (Å²) in [5.41, 5.74) is -1.27. The van der Waals surface area contributed by atoms with E-state index in [2.05, 4.69) is 10.1 Å². The normalized spacial score (nSPS) is 26.8. The van der Waals surface area contributed by atoms with Crippen LogP contribution >= 0.6 is 11.8 Å². The summed E-state index contributed by atoms with van der Waals surface area (Å²) < 4.78 is 9.45. The van der Waals surface area contributed by atoms with Crippen LogP contribution in [0.15, 0.2) is 11.3 Å². The summed E-state index contributed by atoms with van der Waals surface area (Å²) in [5.74, 6) is -1.19. The summed E-state index contributed by atoms with van der Waals surface area (Å²) in [5, 5.41) is 21.5. The van der Waals surface area contributed by atoms with E-state index in [1.54, 1.807) is 7.05 Å². The fraction of sp³-hybridized carbons (Fsp3) is 0.545. The van der Waals surface area contributed by atoms with Gasteiger partial charge in [-0.15, -0.1) is 11.8 Å². The minimum atomic E-state index is -1.53. The van der Waals surface area contributed by atoms with Gasteiger partial charge in [-0.2, -0.15) is 0 Å². The average molecular weight is 318 g/mol. The van der Waals surface area contributed by atoms with Gasteiger partial charge in [0.2, 0.25) is 11.8 Å². The molecular weight excluding hydrogens is 304 g/mol. The molecule has 2 heterocycles. The van der Waals surface area contributed by atoms with Crippen LogP contribution in [0.3, 0.4) is 0 Å². The standard InChI is InChI=1S/C11H14N2O7S/c1-12-2-7(15)19-5-11(4-14)8(16)13-6(20-10(17)18)3-21-9(11)13/h3,9,12,14H,2,4-5H2,1H3,(H,17,18)/t9-,11+/m1/s1. The van der Waals surface area contributed by atoms with Crippen LogP contribution in [0, 0.1) is 5.41 Å². The zero-order valence-corrected chi connectivity index (χ0v) is 11.9. The first kappa shape index (κ1) is 15.6. The van der Waals surface area contributed by atoms with Gasteiger partial charge in [-0.25, -0.2) is 4.79 Å². The SMILES string of the molecule is CNCC(=O)OC[C@@]1(CO)C(=O)N2C(OC(=O)O)=CS[C@@H]21. The topological polar surface area (TPSA) is 125 Å². The molecule has 2 atom stereocenters. The summed E-state index contributed by atoms with van der Waals surface area (Å²) in [6.45, 7) is -0.797. The van der Waals surface area contributed by atoms with E-state index in [1.165, 1.54) is 5.41 Å². The Labute approximate surface area is 123 Å². The van der Waals surface area contributed by atoms with Crippen molar-refractivity contribution in [2.24, 2.45) is 5.41 Å². The molecule has 1 saturated heterocycles. The van der Waals surface area contributed by atoms with Gasteiger partial charge in [0, 0.05) is 5.41 Å². The van der Waals surface area contributed by atoms with Crippen molar-refractivity contribution in [3.8, 4) is 0 Å². The van der Waals surface area contributed by atoms with E-state index in [0.717, 1.165) is 16.7 Å². The number of rotatable bonds is 6. The van der Waals surface area contributed by atoms with Gasteiger partial charge in [0.1, 0.15) is 17.4 Å². The summed E-state index contributed by atoms with van der Waals surface area (Å²) >= 11 is 1.13. The number of carbonyl (C=O) groups is 3. The number of hydrogen-bond acceptors (Lipinski definition) is 8. The number of carbonyl (C=O) groups excluding carboxylic acids is 2. The van der Waals surface area contributed by atoms with Crippen LogP contribution < -0.4 is 5.32 Å². The van der Waals surface area contributed by atoms with Crippen molar-refractivity contribution >= 4 is 29.8 Å². The number of hydrogen-bond donors (Lipinski definition) is 3. The third kappa shape index (κ3) is 2.57. The molecule has 10 heteroatoms. The number of β-lactam (4-membered cyclic amide) rings is 1. The zero-order valence-electron chi connectivity index (χ0n) is 11.1. The molecule has 0 saturated carbocycles. The van der Waals surface area contributed by atoms with Gasteiger partial charge < -0.3 is 25.0 Å². The maximum Gasteiger partial charge on any atom is 0.512 e. The molecule has 0 spiro atoms. The smallest absolute Gasteiger partial charge is 0.463 e. The summed E-state index contributed by atoms with van der Waals surface area (Å²) in [4.78, 5) is 35.2. The molecule has 2 aliphatic heterocycles. The Morgan fingerprint density at radius 3 is 2.86 bits per heavy atom. The summed E-state index contributed by atoms with van der Waals surface area (Å²) in [6, 6.07) is 0. The number of nitrogens with zero attached hydrogens (tertiary/aromatic N) is 1. The lowest BCUT2D eigenvalue weighted by atomic mass is 9.80. The quantitative estimate of drug-likeness (QED) is 0.423. The summed E-state index contributed by atoms with van der Waals surface area (Å²) in [7, 11) is 1.57. The number of thioether (sulfide) groups is 1. The van der Waals surface area contributed by atoms with Gasteiger partial charge in [-0.3, -0.25) is 14.5 Å². The summed E-state index contributed by atoms with van der Waals surface area (Å²) in [6.07, 6.45) is -1.53. The Bertz CT molecular complexity index is 509. The van der Waals surface area contributed by atoms with Crippen LogP contribution in [0.1, 0.15) is 0 Å². The molecule has 0 unspecified atom stereocenters. The number of aliphatic hydroxyl groups is 1. The highest BCUT2D eigenvalue weighted by molar-refractivity contribution is 8.03. The lowest BCUT2D eigenvalue weighted by Gasteiger charge is -2.50. The van der Waals surface area contributed by atoms with E-state index < -0.39 is 35.4 Å². The number of amides is 1. The lowest BCUT2D eigenvalue weighted by Crippen LogP contribution is -2.69. The lowest BCUT2D eigenvalue weighted by molar-refractivity contribution is -0.178. The molecule has 0 bridgehead atoms. The molecular formula is C11H14N2O7S. The first-order valence-corrected chi connectivity index (χ1v) is 6.91. The van der Waals surface area contributed by atoms with E-state index >= 15 is 0 Å². The molecule has 2 rings (SSSR count). The van der Waals surface area contributed by atoms with Crippen LogP contribution in [-0.4, -0.2) is 65.3 Å². The van der Waals surface area contributed by atoms with Gasteiger partial charge in [0.05, 0.1) is 13.2 Å². The van der Waals surface area contributed by atoms with Gasteiger partial charge in [0.15, 0.2) is 0 Å². The monoisotopic (exact) mass is 318 g/mol. The molecule has 21 heavy (non-hydrogen) atoms. The molecule has 3 N–H and O–H groups in total. The number of likely N-dealkylation sites (N-methyl/N-ethyl adjacent to an activating group) is 1. The Morgan fingerprint density at radius 1 is 1.57 bits per heavy atom. The van der Waals surface area contributed by atoms with Crippen molar-refractivity contribution < 1.29 is 34.1 Å². The first-order chi connectivity index (χ1) is 9.96. The van der Waals surface area contributed by atoms with Gasteiger partial charge >= 0.3 is 12.1 Å². The molecule has 1 amide bonds. The molecule has 116 valence electrons. The molecule has 9 nitrogen and oxygen atoms in total. The number of carboxylic acid groups (broad SMARTS) is 1. The van der Waals surface area contributed by atoms with E-state index in [9.17, 15) is 19.5 Å². The average Bonchev–Trinajstić information content (AvgIpc) is 2.79. The third-order valence-electron chi connectivity index (χ3n) is 3.17. The molecule has 0 radical (unpaired) electrons. The highest BCUT2D eigenvalue weighted by Crippen LogP contribution is 2.52. The second-order valence-electron chi connectivity index (χ2n) is 4.49. The minimum absolute atomic E-state index is 0.0111. The van der Waals surface area contributed by atoms with Gasteiger partial charge in [0.25, 0.3) is 0 Å². The van der Waals surface area contributed by atoms with Crippen molar-refractivity contribution in [2.45, 2.75) is 5.37 Å². The molecule has 0 aromatic rings. The van der Waals surface area contributed by atoms with Crippen LogP contribution in [0.25, 0.3) is 0 Å². The Kier molecular flexibility index (Phi) is 4.40. The van der Waals surface area contributed by atoms with E-state index in [0.29, 0.717) is 0 Å². The number of aliphatic hydroxyl groups excluding tert-OH is 1. The number of fused-ring (bicyclic) bond motifs is 1. The Hall–Kier alpha value is -1.78. The predicted molar refractivity (Wildman–Crippen MR) is 69.8 cm³/mol. The van der Waals surface area contributed by atoms with Crippen molar-refractivity contribution in [3.63, 3.8) is 0 Å². The van der Waals surface area contributed by atoms with Crippen LogP contribution in [0.2, 0.25) is 0 Å². The second kappa shape index (κ2) is 5.92. The Morgan fingerprint density at radius 2 is 2.29 bits per heavy atom. The van der Waals surface area contributed by atoms with Gasteiger partial charge in [-0.05, 0) is 7.05 Å². The number of nitrogens with one attached hydrogen (secondary N) is 1. The molecule has 0 aromatic heterocycles. The van der Waals surface area contributed by atoms with Crippen LogP contribution in [0.4, 0.5) is 4.79 Å². The van der Waals surface area contributed by atoms with Crippen molar-refractivity contribution in [1.29, 1.82) is 0 Å². The molecule has 1 fully saturated rings. The Balaban J connectivity index is 2.03. The minimum Gasteiger partial charge on any atom is -0.463 e. The number of ether oxygens (including phenoxy) is 2. The predicted octanol–water partition coefficient (Wildman–Crippen LogP) is -0.864. The second-order valence-corrected chi connectivity index (χ2v) is 5.45. The van der Waals surface area contributed by atoms with E-state index in [-0.39, 0.29) is 19.0 Å². The largest absolute Gasteiger partial charge is 0.512 e. The number of esters is 1. The fourth-order valence-corrected chi connectivity index (χ4v) is 3.34. The van der Waals surface area contributed by atoms with Crippen molar-refractivity contribution in [1.82, 2.24) is 10.2 Å². The van der Waals surface area contributed by atoms with Gasteiger partial charge in [-0.1, -0.05) is 0 Å². The zero-order chi connectivity index (χ0) is 15.6. The molecule has 0 aliphatic carbocycles. The van der Waals surface area contributed by atoms with Crippen molar-refractivity contribution in [3.05, 3.63) is 11.3 Å². The molecule has 2 aliphatic rings. The first-order valence-electron chi connectivity index (χ1n) is 5.97. The van der Waals surface area contributed by atoms with Crippen molar-refractivity contribution in [2.75, 3.05) is 26.8 Å². The fourth-order valence-electron chi connectivity index (χ4n) is 2.11. The maximum absolute atomic E-state index is 12.2. The third-order valence-corrected chi connectivity index (χ3v) is 4.43. The highest BCUT2D eigenvalue weighted by Gasteiger charge is 2.65. The van der Waals surface area contributed by atoms with E-state index in [4.69, 9.17) is 9.84 Å². The van der Waals surface area contributed by atoms with Crippen LogP contribution in [0.5, 0.6) is 0 Å². The molecule has 0 aromatic carbocycles.